The molecule has 0 radical (unpaired) electrons. The van der Waals surface area contributed by atoms with Gasteiger partial charge < -0.3 is 43.8 Å². The Kier molecular flexibility index (Phi) is 6.17. The van der Waals surface area contributed by atoms with E-state index in [1.165, 1.54) is 26.2 Å². The first-order valence-electron chi connectivity index (χ1n) is 10.7. The summed E-state index contributed by atoms with van der Waals surface area (Å²) in [6.07, 6.45) is -5.66. The van der Waals surface area contributed by atoms with E-state index in [4.69, 9.17) is 18.3 Å². The van der Waals surface area contributed by atoms with E-state index in [2.05, 4.69) is 0 Å². The molecule has 1 aromatic carbocycles. The smallest absolute Gasteiger partial charge is 0.338 e. The molecule has 0 aliphatic heterocycles. The van der Waals surface area contributed by atoms with Gasteiger partial charge in [-0.1, -0.05) is 0 Å². The molecule has 0 spiro atoms. The van der Waals surface area contributed by atoms with Crippen molar-refractivity contribution >= 4 is 27.9 Å². The third-order valence-corrected chi connectivity index (χ3v) is 5.96. The second-order valence-corrected chi connectivity index (χ2v) is 9.14. The van der Waals surface area contributed by atoms with Crippen LogP contribution in [0.3, 0.4) is 0 Å². The monoisotopic (exact) mass is 478 g/mol. The van der Waals surface area contributed by atoms with Gasteiger partial charge in [0.25, 0.3) is 0 Å². The van der Waals surface area contributed by atoms with Crippen molar-refractivity contribution in [3.8, 4) is 5.75 Å². The van der Waals surface area contributed by atoms with Crippen LogP contribution in [0.25, 0.3) is 21.9 Å². The van der Waals surface area contributed by atoms with Gasteiger partial charge in [-0.2, -0.15) is 0 Å². The SMILES string of the molecule is CC(C)(O)[C@H](COc1c2occc2cc2ccc(=O)oc12)OC(=O)C1(O)C[C@@H](O)C(O)[C@H](O)C1. The third kappa shape index (κ3) is 4.52. The molecule has 11 nitrogen and oxygen atoms in total. The second-order valence-electron chi connectivity index (χ2n) is 9.14. The number of carbonyl (C=O) groups is 1. The summed E-state index contributed by atoms with van der Waals surface area (Å²) in [5.41, 5.74) is -4.18. The summed E-state index contributed by atoms with van der Waals surface area (Å²) < 4.78 is 21.9. The predicted molar refractivity (Wildman–Crippen MR) is 116 cm³/mol. The first-order valence-corrected chi connectivity index (χ1v) is 10.7. The standard InChI is InChI=1S/C23H26O11/c1-22(2,29)15(33-21(28)23(30)8-13(24)17(27)14(25)9-23)10-32-20-18-12(5-6-31-18)7-11-3-4-16(26)34-19(11)20/h3-7,13-15,17,24-25,27,29-30H,8-10H2,1-2H3/t13-,14-,15+,17?,23?/m1/s1. The number of esters is 1. The molecule has 0 saturated heterocycles. The number of aliphatic hydroxyl groups is 5. The van der Waals surface area contributed by atoms with Crippen molar-refractivity contribution in [1.82, 2.24) is 0 Å². The lowest BCUT2D eigenvalue weighted by Crippen LogP contribution is -2.58. The van der Waals surface area contributed by atoms with Crippen LogP contribution in [-0.4, -0.2) is 73.7 Å². The largest absolute Gasteiger partial charge is 0.482 e. The van der Waals surface area contributed by atoms with Crippen LogP contribution in [0.5, 0.6) is 5.75 Å². The third-order valence-electron chi connectivity index (χ3n) is 5.96. The number of hydrogen-bond acceptors (Lipinski definition) is 11. The first-order chi connectivity index (χ1) is 15.9. The molecule has 0 amide bonds. The Morgan fingerprint density at radius 3 is 2.44 bits per heavy atom. The maximum absolute atomic E-state index is 12.8. The molecular formula is C23H26O11. The van der Waals surface area contributed by atoms with Crippen LogP contribution in [0, 0.1) is 0 Å². The molecule has 1 fully saturated rings. The van der Waals surface area contributed by atoms with E-state index in [-0.39, 0.29) is 16.9 Å². The summed E-state index contributed by atoms with van der Waals surface area (Å²) in [6, 6.07) is 6.23. The van der Waals surface area contributed by atoms with Crippen molar-refractivity contribution in [2.75, 3.05) is 6.61 Å². The second kappa shape index (κ2) is 8.67. The zero-order chi connectivity index (χ0) is 24.8. The number of fused-ring (bicyclic) bond motifs is 2. The van der Waals surface area contributed by atoms with Crippen LogP contribution in [0.1, 0.15) is 26.7 Å². The minimum atomic E-state index is -2.29. The number of benzene rings is 1. The minimum absolute atomic E-state index is 0.0610. The molecule has 1 aliphatic carbocycles. The average Bonchev–Trinajstić information content (AvgIpc) is 3.21. The van der Waals surface area contributed by atoms with Crippen molar-refractivity contribution in [3.63, 3.8) is 0 Å². The van der Waals surface area contributed by atoms with Gasteiger partial charge in [0, 0.05) is 29.7 Å². The number of carbonyl (C=O) groups excluding carboxylic acids is 1. The number of hydrogen-bond donors (Lipinski definition) is 5. The zero-order valence-corrected chi connectivity index (χ0v) is 18.5. The number of furan rings is 1. The van der Waals surface area contributed by atoms with Crippen LogP contribution in [0.2, 0.25) is 0 Å². The predicted octanol–water partition coefficient (Wildman–Crippen LogP) is 0.208. The van der Waals surface area contributed by atoms with Gasteiger partial charge in [-0.05, 0) is 32.0 Å². The highest BCUT2D eigenvalue weighted by Gasteiger charge is 2.50. The van der Waals surface area contributed by atoms with E-state index in [1.807, 2.05) is 0 Å². The summed E-state index contributed by atoms with van der Waals surface area (Å²) in [6.45, 7) is 2.29. The lowest BCUT2D eigenvalue weighted by molar-refractivity contribution is -0.206. The Hall–Kier alpha value is -2.96. The normalized spacial score (nSPS) is 26.5. The molecular weight excluding hydrogens is 452 g/mol. The number of ether oxygens (including phenoxy) is 2. The highest BCUT2D eigenvalue weighted by atomic mass is 16.6. The van der Waals surface area contributed by atoms with E-state index >= 15 is 0 Å². The average molecular weight is 478 g/mol. The molecule has 5 N–H and O–H groups in total. The van der Waals surface area contributed by atoms with E-state index in [0.29, 0.717) is 10.8 Å². The Balaban J connectivity index is 1.60. The molecule has 11 heteroatoms. The lowest BCUT2D eigenvalue weighted by atomic mass is 9.79. The van der Waals surface area contributed by atoms with Crippen molar-refractivity contribution in [1.29, 1.82) is 0 Å². The van der Waals surface area contributed by atoms with Gasteiger partial charge in [0.05, 0.1) is 24.1 Å². The number of rotatable bonds is 6. The van der Waals surface area contributed by atoms with Crippen molar-refractivity contribution in [3.05, 3.63) is 40.9 Å². The molecule has 1 saturated carbocycles. The molecule has 4 rings (SSSR count). The highest BCUT2D eigenvalue weighted by molar-refractivity contribution is 5.99. The van der Waals surface area contributed by atoms with Crippen LogP contribution in [0.15, 0.2) is 44.2 Å². The molecule has 0 unspecified atom stereocenters. The van der Waals surface area contributed by atoms with Gasteiger partial charge in [0.1, 0.15) is 12.7 Å². The molecule has 0 bridgehead atoms. The Labute approximate surface area is 192 Å². The summed E-state index contributed by atoms with van der Waals surface area (Å²) in [5.74, 6) is -1.15. The maximum atomic E-state index is 12.8. The fourth-order valence-corrected chi connectivity index (χ4v) is 3.96. The Morgan fingerprint density at radius 1 is 1.15 bits per heavy atom. The summed E-state index contributed by atoms with van der Waals surface area (Å²) in [4.78, 5) is 24.6. The molecule has 2 heterocycles. The van der Waals surface area contributed by atoms with Gasteiger partial charge >= 0.3 is 11.6 Å². The van der Waals surface area contributed by atoms with E-state index in [9.17, 15) is 35.1 Å². The fraction of sp³-hybridized carbons (Fsp3) is 0.478. The number of aliphatic hydroxyl groups excluding tert-OH is 3. The molecule has 3 aromatic rings. The van der Waals surface area contributed by atoms with E-state index < -0.39 is 66.7 Å². The van der Waals surface area contributed by atoms with Crippen molar-refractivity contribution < 1.29 is 48.6 Å². The van der Waals surface area contributed by atoms with Crippen LogP contribution in [-0.2, 0) is 9.53 Å². The van der Waals surface area contributed by atoms with Crippen molar-refractivity contribution in [2.24, 2.45) is 0 Å². The van der Waals surface area contributed by atoms with Gasteiger partial charge in [0.2, 0.25) is 5.75 Å². The molecule has 2 aromatic heterocycles. The van der Waals surface area contributed by atoms with E-state index in [0.717, 1.165) is 0 Å². The summed E-state index contributed by atoms with van der Waals surface area (Å²) in [5, 5.41) is 52.0. The summed E-state index contributed by atoms with van der Waals surface area (Å²) >= 11 is 0. The maximum Gasteiger partial charge on any atom is 0.338 e. The topological polar surface area (TPSA) is 180 Å². The Bertz CT molecular complexity index is 1240. The minimum Gasteiger partial charge on any atom is -0.482 e. The van der Waals surface area contributed by atoms with Crippen LogP contribution < -0.4 is 10.4 Å². The van der Waals surface area contributed by atoms with Crippen LogP contribution >= 0.6 is 0 Å². The van der Waals surface area contributed by atoms with Gasteiger partial charge in [0.15, 0.2) is 22.9 Å². The summed E-state index contributed by atoms with van der Waals surface area (Å²) in [7, 11) is 0. The Morgan fingerprint density at radius 2 is 1.79 bits per heavy atom. The van der Waals surface area contributed by atoms with E-state index in [1.54, 1.807) is 18.2 Å². The highest BCUT2D eigenvalue weighted by Crippen LogP contribution is 2.36. The zero-order valence-electron chi connectivity index (χ0n) is 18.5. The van der Waals surface area contributed by atoms with Crippen LogP contribution in [0.4, 0.5) is 0 Å². The lowest BCUT2D eigenvalue weighted by Gasteiger charge is -2.40. The molecule has 34 heavy (non-hydrogen) atoms. The quantitative estimate of drug-likeness (QED) is 0.241. The van der Waals surface area contributed by atoms with Gasteiger partial charge in [-0.15, -0.1) is 0 Å². The van der Waals surface area contributed by atoms with Gasteiger partial charge in [-0.3, -0.25) is 0 Å². The fourth-order valence-electron chi connectivity index (χ4n) is 3.96. The molecule has 184 valence electrons. The first kappa shape index (κ1) is 24.2. The van der Waals surface area contributed by atoms with Gasteiger partial charge in [-0.25, -0.2) is 9.59 Å². The molecule has 1 aliphatic rings. The molecule has 3 atom stereocenters. The van der Waals surface area contributed by atoms with Crippen molar-refractivity contribution in [2.45, 2.75) is 62.3 Å².